The molecule has 23 heavy (non-hydrogen) atoms. The molecular weight excluding hydrogens is 284 g/mol. The molecule has 0 aliphatic carbocycles. The van der Waals surface area contributed by atoms with E-state index in [-0.39, 0.29) is 5.91 Å². The Hall–Kier alpha value is -2.55. The first-order valence-corrected chi connectivity index (χ1v) is 8.29. The Morgan fingerprint density at radius 1 is 0.913 bits per heavy atom. The van der Waals surface area contributed by atoms with Gasteiger partial charge in [-0.3, -0.25) is 4.79 Å². The summed E-state index contributed by atoms with van der Waals surface area (Å²) in [4.78, 5) is 14.6. The highest BCUT2D eigenvalue weighted by atomic mass is 16.2. The van der Waals surface area contributed by atoms with Gasteiger partial charge in [0, 0.05) is 35.6 Å². The second-order valence-electron chi connectivity index (χ2n) is 6.20. The zero-order valence-corrected chi connectivity index (χ0v) is 13.1. The van der Waals surface area contributed by atoms with Gasteiger partial charge in [-0.05, 0) is 49.1 Å². The Balaban J connectivity index is 1.60. The highest BCUT2D eigenvalue weighted by Crippen LogP contribution is 2.33. The third-order valence-corrected chi connectivity index (χ3v) is 4.64. The molecule has 1 N–H and O–H groups in total. The fourth-order valence-electron chi connectivity index (χ4n) is 3.38. The van der Waals surface area contributed by atoms with E-state index in [9.17, 15) is 4.79 Å². The molecule has 2 aromatic carbocycles. The molecule has 2 heterocycles. The molecule has 3 heteroatoms. The van der Waals surface area contributed by atoms with Crippen LogP contribution in [0.5, 0.6) is 0 Å². The number of piperidine rings is 1. The largest absolute Gasteiger partial charge is 0.372 e. The molecule has 0 aromatic heterocycles. The van der Waals surface area contributed by atoms with E-state index in [1.165, 1.54) is 24.9 Å². The summed E-state index contributed by atoms with van der Waals surface area (Å²) >= 11 is 0. The normalized spacial score (nSPS) is 18.9. The van der Waals surface area contributed by atoms with Gasteiger partial charge in [-0.15, -0.1) is 0 Å². The van der Waals surface area contributed by atoms with Crippen LogP contribution in [0.1, 0.15) is 30.4 Å². The Labute approximate surface area is 136 Å². The van der Waals surface area contributed by atoms with Crippen molar-refractivity contribution >= 4 is 28.9 Å². The number of carbonyl (C=O) groups excluding carboxylic acids is 1. The summed E-state index contributed by atoms with van der Waals surface area (Å²) in [6.07, 6.45) is 5.88. The van der Waals surface area contributed by atoms with Gasteiger partial charge in [-0.25, -0.2) is 0 Å². The van der Waals surface area contributed by atoms with E-state index in [0.29, 0.717) is 0 Å². The van der Waals surface area contributed by atoms with Crippen molar-refractivity contribution in [3.8, 4) is 0 Å². The average molecular weight is 304 g/mol. The minimum atomic E-state index is -0.0219. The van der Waals surface area contributed by atoms with Crippen LogP contribution in [0.3, 0.4) is 0 Å². The number of amides is 1. The van der Waals surface area contributed by atoms with Gasteiger partial charge in [-0.1, -0.05) is 30.3 Å². The van der Waals surface area contributed by atoms with Crippen LogP contribution in [0.2, 0.25) is 0 Å². The molecule has 3 nitrogen and oxygen atoms in total. The van der Waals surface area contributed by atoms with Crippen LogP contribution in [-0.2, 0) is 4.79 Å². The van der Waals surface area contributed by atoms with Crippen molar-refractivity contribution in [1.82, 2.24) is 0 Å². The molecule has 2 aromatic rings. The third-order valence-electron chi connectivity index (χ3n) is 4.64. The first-order chi connectivity index (χ1) is 11.3. The van der Waals surface area contributed by atoms with Gasteiger partial charge in [0.1, 0.15) is 0 Å². The molecule has 116 valence electrons. The summed E-state index contributed by atoms with van der Waals surface area (Å²) in [5.74, 6) is -0.0219. The molecule has 0 spiro atoms. The van der Waals surface area contributed by atoms with E-state index in [4.69, 9.17) is 0 Å². The average Bonchev–Trinajstić information content (AvgIpc) is 2.92. The quantitative estimate of drug-likeness (QED) is 0.845. The number of fused-ring (bicyclic) bond motifs is 1. The number of nitrogens with zero attached hydrogens (tertiary/aromatic N) is 1. The van der Waals surface area contributed by atoms with Gasteiger partial charge >= 0.3 is 0 Å². The zero-order chi connectivity index (χ0) is 15.6. The molecule has 0 radical (unpaired) electrons. The third kappa shape index (κ3) is 2.74. The molecule has 4 rings (SSSR count). The molecule has 0 saturated carbocycles. The molecule has 2 aliphatic rings. The summed E-state index contributed by atoms with van der Waals surface area (Å²) in [5, 5.41) is 2.92. The monoisotopic (exact) mass is 304 g/mol. The van der Waals surface area contributed by atoms with Crippen LogP contribution < -0.4 is 10.2 Å². The van der Waals surface area contributed by atoms with Crippen molar-refractivity contribution in [2.45, 2.75) is 19.3 Å². The standard InChI is InChI=1S/C20H20N2O/c23-20-18(17-6-2-3-7-19(17)21-20)14-15-8-10-16(11-9-15)22-12-4-1-5-13-22/h2-3,6-11,14H,1,4-5,12-13H2,(H,21,23)/b18-14+. The number of hydrogen-bond donors (Lipinski definition) is 1. The van der Waals surface area contributed by atoms with Crippen molar-refractivity contribution in [2.75, 3.05) is 23.3 Å². The number of carbonyl (C=O) groups is 1. The predicted octanol–water partition coefficient (Wildman–Crippen LogP) is 4.17. The van der Waals surface area contributed by atoms with E-state index >= 15 is 0 Å². The van der Waals surface area contributed by atoms with Crippen LogP contribution in [0.4, 0.5) is 11.4 Å². The van der Waals surface area contributed by atoms with E-state index in [1.54, 1.807) is 0 Å². The van der Waals surface area contributed by atoms with Crippen molar-refractivity contribution in [3.05, 3.63) is 59.7 Å². The Morgan fingerprint density at radius 3 is 2.43 bits per heavy atom. The molecule has 0 unspecified atom stereocenters. The summed E-state index contributed by atoms with van der Waals surface area (Å²) in [6, 6.07) is 16.4. The predicted molar refractivity (Wildman–Crippen MR) is 95.4 cm³/mol. The van der Waals surface area contributed by atoms with Gasteiger partial charge in [0.15, 0.2) is 0 Å². The second-order valence-corrected chi connectivity index (χ2v) is 6.20. The minimum absolute atomic E-state index is 0.0219. The van der Waals surface area contributed by atoms with Gasteiger partial charge in [-0.2, -0.15) is 0 Å². The lowest BCUT2D eigenvalue weighted by Gasteiger charge is -2.28. The summed E-state index contributed by atoms with van der Waals surface area (Å²) < 4.78 is 0. The molecule has 1 amide bonds. The zero-order valence-electron chi connectivity index (χ0n) is 13.1. The van der Waals surface area contributed by atoms with Crippen molar-refractivity contribution < 1.29 is 4.79 Å². The smallest absolute Gasteiger partial charge is 0.256 e. The first kappa shape index (κ1) is 14.1. The molecular formula is C20H20N2O. The summed E-state index contributed by atoms with van der Waals surface area (Å²) in [7, 11) is 0. The highest BCUT2D eigenvalue weighted by molar-refractivity contribution is 6.34. The Morgan fingerprint density at radius 2 is 1.65 bits per heavy atom. The molecule has 0 atom stereocenters. The first-order valence-electron chi connectivity index (χ1n) is 8.29. The summed E-state index contributed by atoms with van der Waals surface area (Å²) in [5.41, 5.74) is 4.97. The molecule has 1 fully saturated rings. The van der Waals surface area contributed by atoms with Crippen molar-refractivity contribution in [1.29, 1.82) is 0 Å². The number of benzene rings is 2. The van der Waals surface area contributed by atoms with Gasteiger partial charge in [0.2, 0.25) is 0 Å². The second kappa shape index (κ2) is 5.92. The Kier molecular flexibility index (Phi) is 3.62. The van der Waals surface area contributed by atoms with Crippen molar-refractivity contribution in [3.63, 3.8) is 0 Å². The lowest BCUT2D eigenvalue weighted by Crippen LogP contribution is -2.29. The highest BCUT2D eigenvalue weighted by Gasteiger charge is 2.23. The fourth-order valence-corrected chi connectivity index (χ4v) is 3.38. The van der Waals surface area contributed by atoms with Crippen LogP contribution in [-0.4, -0.2) is 19.0 Å². The van der Waals surface area contributed by atoms with E-state index in [0.717, 1.165) is 35.5 Å². The van der Waals surface area contributed by atoms with Gasteiger partial charge < -0.3 is 10.2 Å². The fraction of sp³-hybridized carbons (Fsp3) is 0.250. The Bertz CT molecular complexity index is 755. The number of anilines is 2. The lowest BCUT2D eigenvalue weighted by molar-refractivity contribution is -0.110. The maximum absolute atomic E-state index is 12.2. The minimum Gasteiger partial charge on any atom is -0.372 e. The van der Waals surface area contributed by atoms with Crippen LogP contribution >= 0.6 is 0 Å². The van der Waals surface area contributed by atoms with E-state index in [2.05, 4.69) is 34.5 Å². The topological polar surface area (TPSA) is 32.3 Å². The summed E-state index contributed by atoms with van der Waals surface area (Å²) in [6.45, 7) is 2.30. The molecule has 2 aliphatic heterocycles. The number of nitrogens with one attached hydrogen (secondary N) is 1. The van der Waals surface area contributed by atoms with Gasteiger partial charge in [0.25, 0.3) is 5.91 Å². The maximum atomic E-state index is 12.2. The number of hydrogen-bond acceptors (Lipinski definition) is 2. The van der Waals surface area contributed by atoms with Crippen molar-refractivity contribution in [2.24, 2.45) is 0 Å². The SMILES string of the molecule is O=C1Nc2ccccc2/C1=C\c1ccc(N2CCCCC2)cc1. The lowest BCUT2D eigenvalue weighted by atomic mass is 10.0. The van der Waals surface area contributed by atoms with Crippen LogP contribution in [0.15, 0.2) is 48.5 Å². The number of rotatable bonds is 2. The van der Waals surface area contributed by atoms with Crippen LogP contribution in [0.25, 0.3) is 11.6 Å². The maximum Gasteiger partial charge on any atom is 0.256 e. The molecule has 0 bridgehead atoms. The van der Waals surface area contributed by atoms with E-state index in [1.807, 2.05) is 30.3 Å². The number of para-hydroxylation sites is 1. The van der Waals surface area contributed by atoms with Gasteiger partial charge in [0.05, 0.1) is 0 Å². The molecule has 1 saturated heterocycles. The van der Waals surface area contributed by atoms with E-state index < -0.39 is 0 Å². The van der Waals surface area contributed by atoms with Crippen LogP contribution in [0, 0.1) is 0 Å².